The zero-order valence-electron chi connectivity index (χ0n) is 10.3. The van der Waals surface area contributed by atoms with E-state index in [9.17, 15) is 0 Å². The van der Waals surface area contributed by atoms with Crippen LogP contribution in [0, 0.1) is 0 Å². The van der Waals surface area contributed by atoms with Gasteiger partial charge in [0, 0.05) is 32.3 Å². The van der Waals surface area contributed by atoms with E-state index in [1.165, 1.54) is 5.56 Å². The van der Waals surface area contributed by atoms with Crippen molar-refractivity contribution in [2.24, 2.45) is 5.73 Å². The second-order valence-corrected chi connectivity index (χ2v) is 4.58. The van der Waals surface area contributed by atoms with Crippen LogP contribution in [0.1, 0.15) is 12.0 Å². The Bertz CT molecular complexity index is 309. The van der Waals surface area contributed by atoms with E-state index in [1.807, 2.05) is 0 Å². The summed E-state index contributed by atoms with van der Waals surface area (Å²) in [5, 5.41) is 0. The van der Waals surface area contributed by atoms with Crippen LogP contribution in [0.5, 0.6) is 0 Å². The van der Waals surface area contributed by atoms with Crippen LogP contribution in [0.4, 0.5) is 0 Å². The van der Waals surface area contributed by atoms with Gasteiger partial charge < -0.3 is 10.5 Å². The normalized spacial score (nSPS) is 20.0. The molecule has 1 heterocycles. The molecule has 3 heteroatoms. The van der Waals surface area contributed by atoms with Gasteiger partial charge in [-0.2, -0.15) is 0 Å². The van der Waals surface area contributed by atoms with Crippen molar-refractivity contribution in [3.63, 3.8) is 0 Å². The van der Waals surface area contributed by atoms with E-state index in [4.69, 9.17) is 10.5 Å². The largest absolute Gasteiger partial charge is 0.380 e. The number of hydrogen-bond acceptors (Lipinski definition) is 3. The third kappa shape index (κ3) is 3.80. The molecule has 1 atom stereocenters. The maximum absolute atomic E-state index is 5.68. The minimum atomic E-state index is 0.572. The first kappa shape index (κ1) is 12.6. The van der Waals surface area contributed by atoms with Gasteiger partial charge in [-0.25, -0.2) is 0 Å². The van der Waals surface area contributed by atoms with Crippen molar-refractivity contribution in [3.05, 3.63) is 35.9 Å². The maximum Gasteiger partial charge on any atom is 0.0622 e. The van der Waals surface area contributed by atoms with Gasteiger partial charge >= 0.3 is 0 Å². The molecule has 2 N–H and O–H groups in total. The van der Waals surface area contributed by atoms with E-state index in [0.717, 1.165) is 45.7 Å². The molecule has 2 rings (SSSR count). The highest BCUT2D eigenvalue weighted by molar-refractivity contribution is 5.14. The van der Waals surface area contributed by atoms with Gasteiger partial charge in [0.15, 0.2) is 0 Å². The van der Waals surface area contributed by atoms with E-state index >= 15 is 0 Å². The van der Waals surface area contributed by atoms with E-state index in [0.29, 0.717) is 6.04 Å². The maximum atomic E-state index is 5.68. The highest BCUT2D eigenvalue weighted by atomic mass is 16.5. The molecule has 1 aromatic carbocycles. The zero-order valence-corrected chi connectivity index (χ0v) is 10.3. The molecular weight excluding hydrogens is 212 g/mol. The summed E-state index contributed by atoms with van der Waals surface area (Å²) >= 11 is 0. The highest BCUT2D eigenvalue weighted by Crippen LogP contribution is 2.13. The van der Waals surface area contributed by atoms with Crippen molar-refractivity contribution < 1.29 is 4.74 Å². The smallest absolute Gasteiger partial charge is 0.0622 e. The summed E-state index contributed by atoms with van der Waals surface area (Å²) in [5.41, 5.74) is 7.08. The van der Waals surface area contributed by atoms with Crippen LogP contribution < -0.4 is 5.73 Å². The van der Waals surface area contributed by atoms with Crippen molar-refractivity contribution in [3.8, 4) is 0 Å². The number of rotatable bonds is 6. The van der Waals surface area contributed by atoms with Crippen LogP contribution in [-0.2, 0) is 11.2 Å². The predicted octanol–water partition coefficient (Wildman–Crippen LogP) is 1.28. The highest BCUT2D eigenvalue weighted by Gasteiger charge is 2.22. The lowest BCUT2D eigenvalue weighted by Gasteiger charge is -2.27. The van der Waals surface area contributed by atoms with Crippen LogP contribution in [0.25, 0.3) is 0 Å². The summed E-state index contributed by atoms with van der Waals surface area (Å²) in [5.74, 6) is 0. The third-order valence-electron chi connectivity index (χ3n) is 3.37. The van der Waals surface area contributed by atoms with Crippen molar-refractivity contribution >= 4 is 0 Å². The Hall–Kier alpha value is -0.900. The van der Waals surface area contributed by atoms with E-state index in [2.05, 4.69) is 35.2 Å². The average molecular weight is 234 g/mol. The van der Waals surface area contributed by atoms with Crippen molar-refractivity contribution in [2.45, 2.75) is 18.9 Å². The van der Waals surface area contributed by atoms with Gasteiger partial charge in [-0.1, -0.05) is 30.3 Å². The van der Waals surface area contributed by atoms with E-state index in [1.54, 1.807) is 0 Å². The molecule has 1 saturated heterocycles. The average Bonchev–Trinajstić information content (AvgIpc) is 2.89. The lowest BCUT2D eigenvalue weighted by Crippen LogP contribution is -2.40. The molecule has 17 heavy (non-hydrogen) atoms. The fraction of sp³-hybridized carbons (Fsp3) is 0.571. The molecule has 1 unspecified atom stereocenters. The van der Waals surface area contributed by atoms with Crippen LogP contribution in [0.2, 0.25) is 0 Å². The zero-order chi connectivity index (χ0) is 11.9. The summed E-state index contributed by atoms with van der Waals surface area (Å²) in [7, 11) is 0. The Morgan fingerprint density at radius 1 is 1.24 bits per heavy atom. The molecule has 0 amide bonds. The Labute approximate surface area is 104 Å². The fourth-order valence-electron chi connectivity index (χ4n) is 2.37. The molecule has 0 radical (unpaired) electrons. The number of benzene rings is 1. The van der Waals surface area contributed by atoms with E-state index in [-0.39, 0.29) is 0 Å². The molecule has 0 saturated carbocycles. The van der Waals surface area contributed by atoms with Gasteiger partial charge in [-0.05, 0) is 18.4 Å². The van der Waals surface area contributed by atoms with Crippen LogP contribution >= 0.6 is 0 Å². The third-order valence-corrected chi connectivity index (χ3v) is 3.37. The van der Waals surface area contributed by atoms with Gasteiger partial charge in [0.1, 0.15) is 0 Å². The Morgan fingerprint density at radius 2 is 2.06 bits per heavy atom. The summed E-state index contributed by atoms with van der Waals surface area (Å²) < 4.78 is 5.45. The minimum Gasteiger partial charge on any atom is -0.380 e. The van der Waals surface area contributed by atoms with Crippen molar-refractivity contribution in [2.75, 3.05) is 32.8 Å². The topological polar surface area (TPSA) is 38.5 Å². The molecule has 0 aromatic heterocycles. The molecule has 3 nitrogen and oxygen atoms in total. The van der Waals surface area contributed by atoms with Crippen LogP contribution in [-0.4, -0.2) is 43.8 Å². The number of nitrogens with two attached hydrogens (primary N) is 1. The molecule has 1 aliphatic rings. The van der Waals surface area contributed by atoms with Gasteiger partial charge in [0.2, 0.25) is 0 Å². The van der Waals surface area contributed by atoms with Crippen molar-refractivity contribution in [1.82, 2.24) is 4.90 Å². The van der Waals surface area contributed by atoms with E-state index < -0.39 is 0 Å². The summed E-state index contributed by atoms with van der Waals surface area (Å²) in [4.78, 5) is 2.47. The summed E-state index contributed by atoms with van der Waals surface area (Å²) in [6.45, 7) is 4.55. The molecule has 1 aromatic rings. The van der Waals surface area contributed by atoms with Crippen LogP contribution in [0.3, 0.4) is 0 Å². The molecular formula is C14H22N2O. The minimum absolute atomic E-state index is 0.572. The van der Waals surface area contributed by atoms with Gasteiger partial charge in [-0.3, -0.25) is 4.90 Å². The molecule has 0 spiro atoms. The lowest BCUT2D eigenvalue weighted by molar-refractivity contribution is 0.146. The fourth-order valence-corrected chi connectivity index (χ4v) is 2.37. The standard InChI is InChI=1S/C14H22N2O/c15-8-10-16(14-7-11-17-12-14)9-6-13-4-2-1-3-5-13/h1-5,14H,6-12,15H2. The van der Waals surface area contributed by atoms with Crippen molar-refractivity contribution in [1.29, 1.82) is 0 Å². The Kier molecular flexibility index (Phi) is 4.98. The second kappa shape index (κ2) is 6.74. The first-order chi connectivity index (χ1) is 8.40. The quantitative estimate of drug-likeness (QED) is 0.806. The number of nitrogens with zero attached hydrogens (tertiary/aromatic N) is 1. The monoisotopic (exact) mass is 234 g/mol. The summed E-state index contributed by atoms with van der Waals surface area (Å²) in [6, 6.07) is 11.2. The number of hydrogen-bond donors (Lipinski definition) is 1. The molecule has 94 valence electrons. The summed E-state index contributed by atoms with van der Waals surface area (Å²) in [6.07, 6.45) is 2.24. The first-order valence-corrected chi connectivity index (χ1v) is 6.46. The van der Waals surface area contributed by atoms with Crippen LogP contribution in [0.15, 0.2) is 30.3 Å². The molecule has 1 aliphatic heterocycles. The Balaban J connectivity index is 1.84. The van der Waals surface area contributed by atoms with Gasteiger partial charge in [-0.15, -0.1) is 0 Å². The van der Waals surface area contributed by atoms with Gasteiger partial charge in [0.05, 0.1) is 6.61 Å². The second-order valence-electron chi connectivity index (χ2n) is 4.58. The lowest BCUT2D eigenvalue weighted by atomic mass is 10.1. The number of ether oxygens (including phenoxy) is 1. The SMILES string of the molecule is NCCN(CCc1ccccc1)C1CCOC1. The first-order valence-electron chi connectivity index (χ1n) is 6.46. The Morgan fingerprint density at radius 3 is 2.71 bits per heavy atom. The molecule has 1 fully saturated rings. The van der Waals surface area contributed by atoms with Gasteiger partial charge in [0.25, 0.3) is 0 Å². The molecule has 0 aliphatic carbocycles. The predicted molar refractivity (Wildman–Crippen MR) is 70.0 cm³/mol. The molecule has 0 bridgehead atoms.